The molecule has 1 aromatic carbocycles. The second-order valence-electron chi connectivity index (χ2n) is 4.77. The first kappa shape index (κ1) is 11.1. The van der Waals surface area contributed by atoms with E-state index < -0.39 is 11.5 Å². The van der Waals surface area contributed by atoms with Gasteiger partial charge in [-0.2, -0.15) is 0 Å². The maximum Gasteiger partial charge on any atom is 0.171 e. The van der Waals surface area contributed by atoms with Crippen LogP contribution in [-0.2, 0) is 10.2 Å². The summed E-state index contributed by atoms with van der Waals surface area (Å²) in [5.41, 5.74) is 0.840. The molecule has 0 aliphatic heterocycles. The zero-order valence-electron chi connectivity index (χ0n) is 9.53. The van der Waals surface area contributed by atoms with E-state index in [1.54, 1.807) is 19.1 Å². The molecule has 0 bridgehead atoms. The Kier molecular flexibility index (Phi) is 2.50. The van der Waals surface area contributed by atoms with Crippen molar-refractivity contribution in [1.82, 2.24) is 0 Å². The minimum atomic E-state index is -0.884. The summed E-state index contributed by atoms with van der Waals surface area (Å²) in [5, 5.41) is 19.4. The standard InChI is InChI=1S/C13H16O3/c1-8-3-4-9(11(15)7-8)13(2)6-5-10(14)12(13)16/h3-4,7,10,14-15H,5-6H2,1-2H3. The van der Waals surface area contributed by atoms with Crippen molar-refractivity contribution in [1.29, 1.82) is 0 Å². The van der Waals surface area contributed by atoms with Crippen LogP contribution in [0.4, 0.5) is 0 Å². The SMILES string of the molecule is Cc1ccc(C2(C)CCC(O)C2=O)c(O)c1. The molecule has 2 N–H and O–H groups in total. The Bertz CT molecular complexity index is 439. The molecule has 1 aliphatic rings. The first-order valence-corrected chi connectivity index (χ1v) is 5.47. The third kappa shape index (κ3) is 1.52. The molecule has 0 spiro atoms. The van der Waals surface area contributed by atoms with Crippen molar-refractivity contribution < 1.29 is 15.0 Å². The molecule has 3 heteroatoms. The van der Waals surface area contributed by atoms with Gasteiger partial charge in [0.2, 0.25) is 0 Å². The zero-order chi connectivity index (χ0) is 11.9. The monoisotopic (exact) mass is 220 g/mol. The number of aryl methyl sites for hydroxylation is 1. The highest BCUT2D eigenvalue weighted by Gasteiger charge is 2.45. The number of ketones is 1. The van der Waals surface area contributed by atoms with Crippen molar-refractivity contribution in [3.05, 3.63) is 29.3 Å². The van der Waals surface area contributed by atoms with Gasteiger partial charge in [-0.3, -0.25) is 4.79 Å². The lowest BCUT2D eigenvalue weighted by atomic mass is 9.79. The number of aliphatic hydroxyl groups excluding tert-OH is 1. The van der Waals surface area contributed by atoms with Gasteiger partial charge in [-0.1, -0.05) is 12.1 Å². The second kappa shape index (κ2) is 3.59. The molecule has 1 aliphatic carbocycles. The highest BCUT2D eigenvalue weighted by atomic mass is 16.3. The van der Waals surface area contributed by atoms with E-state index >= 15 is 0 Å². The highest BCUT2D eigenvalue weighted by molar-refractivity contribution is 5.95. The molecule has 1 saturated carbocycles. The molecule has 16 heavy (non-hydrogen) atoms. The lowest BCUT2D eigenvalue weighted by molar-refractivity contribution is -0.128. The largest absolute Gasteiger partial charge is 0.508 e. The summed E-state index contributed by atoms with van der Waals surface area (Å²) < 4.78 is 0. The zero-order valence-corrected chi connectivity index (χ0v) is 9.53. The van der Waals surface area contributed by atoms with Gasteiger partial charge in [0, 0.05) is 5.56 Å². The highest BCUT2D eigenvalue weighted by Crippen LogP contribution is 2.41. The van der Waals surface area contributed by atoms with E-state index in [0.29, 0.717) is 18.4 Å². The van der Waals surface area contributed by atoms with Crippen LogP contribution in [0.3, 0.4) is 0 Å². The van der Waals surface area contributed by atoms with Crippen molar-refractivity contribution in [3.63, 3.8) is 0 Å². The van der Waals surface area contributed by atoms with Gasteiger partial charge in [0.15, 0.2) is 5.78 Å². The van der Waals surface area contributed by atoms with Crippen LogP contribution in [-0.4, -0.2) is 22.1 Å². The number of carbonyl (C=O) groups is 1. The van der Waals surface area contributed by atoms with Gasteiger partial charge in [-0.25, -0.2) is 0 Å². The Morgan fingerprint density at radius 1 is 1.44 bits per heavy atom. The number of hydrogen-bond donors (Lipinski definition) is 2. The third-order valence-corrected chi connectivity index (χ3v) is 3.51. The summed E-state index contributed by atoms with van der Waals surface area (Å²) in [6.07, 6.45) is 0.178. The van der Waals surface area contributed by atoms with Crippen molar-refractivity contribution in [2.24, 2.45) is 0 Å². The van der Waals surface area contributed by atoms with Gasteiger partial charge >= 0.3 is 0 Å². The van der Waals surface area contributed by atoms with Crippen molar-refractivity contribution in [3.8, 4) is 5.75 Å². The second-order valence-corrected chi connectivity index (χ2v) is 4.77. The Morgan fingerprint density at radius 2 is 2.12 bits per heavy atom. The predicted octanol–water partition coefficient (Wildman–Crippen LogP) is 1.68. The molecule has 3 nitrogen and oxygen atoms in total. The average molecular weight is 220 g/mol. The number of aliphatic hydroxyl groups is 1. The Labute approximate surface area is 94.7 Å². The number of phenols is 1. The molecule has 2 atom stereocenters. The molecule has 86 valence electrons. The fourth-order valence-corrected chi connectivity index (χ4v) is 2.42. The van der Waals surface area contributed by atoms with Crippen LogP contribution in [0, 0.1) is 6.92 Å². The molecule has 0 radical (unpaired) electrons. The summed E-state index contributed by atoms with van der Waals surface area (Å²) >= 11 is 0. The topological polar surface area (TPSA) is 57.5 Å². The summed E-state index contributed by atoms with van der Waals surface area (Å²) in [6.45, 7) is 3.67. The number of Topliss-reactive ketones (excluding diaryl/α,β-unsaturated/α-hetero) is 1. The van der Waals surface area contributed by atoms with Crippen LogP contribution >= 0.6 is 0 Å². The van der Waals surface area contributed by atoms with Crippen molar-refractivity contribution in [2.45, 2.75) is 38.2 Å². The fourth-order valence-electron chi connectivity index (χ4n) is 2.42. The first-order valence-electron chi connectivity index (χ1n) is 5.47. The quantitative estimate of drug-likeness (QED) is 0.757. The van der Waals surface area contributed by atoms with Gasteiger partial charge in [-0.05, 0) is 38.3 Å². The first-order chi connectivity index (χ1) is 7.45. The molecule has 0 saturated heterocycles. The molecule has 2 rings (SSSR count). The lowest BCUT2D eigenvalue weighted by Gasteiger charge is -2.23. The summed E-state index contributed by atoms with van der Waals surface area (Å²) in [5.74, 6) is -0.0448. The fraction of sp³-hybridized carbons (Fsp3) is 0.462. The number of hydrogen-bond acceptors (Lipinski definition) is 3. The maximum absolute atomic E-state index is 11.9. The van der Waals surface area contributed by atoms with E-state index in [1.807, 2.05) is 13.0 Å². The molecule has 0 amide bonds. The third-order valence-electron chi connectivity index (χ3n) is 3.51. The summed E-state index contributed by atoms with van der Waals surface area (Å²) in [6, 6.07) is 5.30. The van der Waals surface area contributed by atoms with E-state index in [-0.39, 0.29) is 11.5 Å². The molecule has 0 heterocycles. The lowest BCUT2D eigenvalue weighted by Crippen LogP contribution is -2.32. The number of aromatic hydroxyl groups is 1. The van der Waals surface area contributed by atoms with E-state index in [1.165, 1.54) is 0 Å². The van der Waals surface area contributed by atoms with E-state index in [0.717, 1.165) is 5.56 Å². The van der Waals surface area contributed by atoms with Gasteiger partial charge in [-0.15, -0.1) is 0 Å². The molecule has 0 aromatic heterocycles. The minimum Gasteiger partial charge on any atom is -0.508 e. The molecule has 1 aromatic rings. The minimum absolute atomic E-state index is 0.143. The van der Waals surface area contributed by atoms with Crippen LogP contribution in [0.15, 0.2) is 18.2 Å². The predicted molar refractivity (Wildman–Crippen MR) is 60.4 cm³/mol. The van der Waals surface area contributed by atoms with Gasteiger partial charge in [0.05, 0.1) is 5.41 Å². The van der Waals surface area contributed by atoms with Gasteiger partial charge in [0.25, 0.3) is 0 Å². The average Bonchev–Trinajstić information content (AvgIpc) is 2.47. The normalized spacial score (nSPS) is 29.7. The van der Waals surface area contributed by atoms with Crippen LogP contribution < -0.4 is 0 Å². The van der Waals surface area contributed by atoms with Gasteiger partial charge < -0.3 is 10.2 Å². The Hall–Kier alpha value is -1.35. The van der Waals surface area contributed by atoms with Crippen LogP contribution in [0.2, 0.25) is 0 Å². The van der Waals surface area contributed by atoms with Crippen molar-refractivity contribution >= 4 is 5.78 Å². The van der Waals surface area contributed by atoms with Crippen LogP contribution in [0.5, 0.6) is 5.75 Å². The molecule has 1 fully saturated rings. The molecule has 2 unspecified atom stereocenters. The maximum atomic E-state index is 11.9. The van der Waals surface area contributed by atoms with E-state index in [9.17, 15) is 15.0 Å². The van der Waals surface area contributed by atoms with Crippen LogP contribution in [0.1, 0.15) is 30.9 Å². The van der Waals surface area contributed by atoms with E-state index in [4.69, 9.17) is 0 Å². The molecular weight excluding hydrogens is 204 g/mol. The van der Waals surface area contributed by atoms with Crippen molar-refractivity contribution in [2.75, 3.05) is 0 Å². The van der Waals surface area contributed by atoms with Gasteiger partial charge in [0.1, 0.15) is 11.9 Å². The number of phenolic OH excluding ortho intramolecular Hbond substituents is 1. The number of carbonyl (C=O) groups excluding carboxylic acids is 1. The van der Waals surface area contributed by atoms with Crippen LogP contribution in [0.25, 0.3) is 0 Å². The summed E-state index contributed by atoms with van der Waals surface area (Å²) in [7, 11) is 0. The molecular formula is C13H16O3. The number of rotatable bonds is 1. The Balaban J connectivity index is 2.48. The van der Waals surface area contributed by atoms with E-state index in [2.05, 4.69) is 0 Å². The Morgan fingerprint density at radius 3 is 2.62 bits per heavy atom. The smallest absolute Gasteiger partial charge is 0.171 e. The number of benzene rings is 1. The summed E-state index contributed by atoms with van der Waals surface area (Å²) in [4.78, 5) is 11.9.